The predicted octanol–water partition coefficient (Wildman–Crippen LogP) is 8.63. The van der Waals surface area contributed by atoms with Gasteiger partial charge < -0.3 is 9.64 Å². The molecule has 1 aliphatic rings. The van der Waals surface area contributed by atoms with E-state index in [1.54, 1.807) is 0 Å². The van der Waals surface area contributed by atoms with E-state index in [2.05, 4.69) is 47.6 Å². The van der Waals surface area contributed by atoms with Crippen LogP contribution in [0.25, 0.3) is 0 Å². The molecule has 0 N–H and O–H groups in total. The maximum absolute atomic E-state index is 5.98. The molecule has 0 aromatic heterocycles. The second kappa shape index (κ2) is 19.8. The Hall–Kier alpha value is -1.48. The SMILES string of the molecule is C=CCCCCCCCCCOc1ccc(N2CCN(CCCCCCCCCC)CC2)cc1. The Morgan fingerprint density at radius 1 is 0.706 bits per heavy atom. The van der Waals surface area contributed by atoms with Gasteiger partial charge in [0.1, 0.15) is 5.75 Å². The standard InChI is InChI=1S/C31H54N2O/c1-3-5-7-9-11-13-15-17-19-29-34-31-22-20-30(21-23-31)33-27-25-32(26-28-33)24-18-16-14-12-10-8-6-4-2/h3,20-23H,1,4-19,24-29H2,2H3. The van der Waals surface area contributed by atoms with Gasteiger partial charge in [0.05, 0.1) is 6.61 Å². The third-order valence-electron chi connectivity index (χ3n) is 7.22. The number of allylic oxidation sites excluding steroid dienone is 1. The lowest BCUT2D eigenvalue weighted by Crippen LogP contribution is -2.46. The topological polar surface area (TPSA) is 15.7 Å². The predicted molar refractivity (Wildman–Crippen MR) is 150 cm³/mol. The maximum atomic E-state index is 5.98. The van der Waals surface area contributed by atoms with E-state index in [1.807, 2.05) is 6.08 Å². The lowest BCUT2D eigenvalue weighted by Gasteiger charge is -2.36. The molecule has 0 saturated carbocycles. The van der Waals surface area contributed by atoms with E-state index >= 15 is 0 Å². The van der Waals surface area contributed by atoms with Crippen LogP contribution in [0.4, 0.5) is 5.69 Å². The van der Waals surface area contributed by atoms with Crippen molar-refractivity contribution in [1.82, 2.24) is 4.90 Å². The summed E-state index contributed by atoms with van der Waals surface area (Å²) in [5.74, 6) is 1.02. The van der Waals surface area contributed by atoms with Crippen molar-refractivity contribution >= 4 is 5.69 Å². The Morgan fingerprint density at radius 3 is 1.88 bits per heavy atom. The van der Waals surface area contributed by atoms with Crippen LogP contribution < -0.4 is 9.64 Å². The minimum Gasteiger partial charge on any atom is -0.494 e. The van der Waals surface area contributed by atoms with E-state index in [1.165, 1.54) is 122 Å². The summed E-state index contributed by atoms with van der Waals surface area (Å²) in [7, 11) is 0. The highest BCUT2D eigenvalue weighted by Gasteiger charge is 2.16. The van der Waals surface area contributed by atoms with Gasteiger partial charge in [0, 0.05) is 31.9 Å². The molecule has 1 aromatic carbocycles. The lowest BCUT2D eigenvalue weighted by atomic mass is 10.1. The molecule has 0 amide bonds. The molecule has 34 heavy (non-hydrogen) atoms. The van der Waals surface area contributed by atoms with E-state index in [4.69, 9.17) is 4.74 Å². The summed E-state index contributed by atoms with van der Waals surface area (Å²) in [6.07, 6.45) is 23.6. The van der Waals surface area contributed by atoms with Crippen LogP contribution in [0.15, 0.2) is 36.9 Å². The zero-order chi connectivity index (χ0) is 24.1. The van der Waals surface area contributed by atoms with Gasteiger partial charge in [-0.05, 0) is 56.5 Å². The van der Waals surface area contributed by atoms with Gasteiger partial charge in [-0.3, -0.25) is 4.90 Å². The number of anilines is 1. The average Bonchev–Trinajstić information content (AvgIpc) is 2.87. The van der Waals surface area contributed by atoms with Crippen LogP contribution in [-0.2, 0) is 0 Å². The molecule has 0 unspecified atom stereocenters. The van der Waals surface area contributed by atoms with Crippen molar-refractivity contribution in [2.24, 2.45) is 0 Å². The van der Waals surface area contributed by atoms with Crippen LogP contribution in [0.1, 0.15) is 110 Å². The van der Waals surface area contributed by atoms with Crippen LogP contribution in [-0.4, -0.2) is 44.2 Å². The highest BCUT2D eigenvalue weighted by atomic mass is 16.5. The summed E-state index contributed by atoms with van der Waals surface area (Å²) >= 11 is 0. The number of benzene rings is 1. The summed E-state index contributed by atoms with van der Waals surface area (Å²) in [5, 5.41) is 0. The molecule has 2 rings (SSSR count). The Kier molecular flexibility index (Phi) is 16.7. The van der Waals surface area contributed by atoms with Gasteiger partial charge in [0.25, 0.3) is 0 Å². The number of hydrogen-bond donors (Lipinski definition) is 0. The molecule has 0 aliphatic carbocycles. The van der Waals surface area contributed by atoms with Gasteiger partial charge >= 0.3 is 0 Å². The first-order chi connectivity index (χ1) is 16.8. The summed E-state index contributed by atoms with van der Waals surface area (Å²) in [5.41, 5.74) is 1.34. The van der Waals surface area contributed by atoms with Crippen LogP contribution in [0.3, 0.4) is 0 Å². The Morgan fingerprint density at radius 2 is 1.26 bits per heavy atom. The van der Waals surface area contributed by atoms with Crippen LogP contribution >= 0.6 is 0 Å². The molecule has 1 aromatic rings. The minimum absolute atomic E-state index is 0.841. The van der Waals surface area contributed by atoms with E-state index in [9.17, 15) is 0 Å². The molecular weight excluding hydrogens is 416 g/mol. The maximum Gasteiger partial charge on any atom is 0.119 e. The Balaban J connectivity index is 1.48. The molecule has 0 bridgehead atoms. The first-order valence-electron chi connectivity index (χ1n) is 14.6. The van der Waals surface area contributed by atoms with E-state index < -0.39 is 0 Å². The second-order valence-electron chi connectivity index (χ2n) is 10.2. The van der Waals surface area contributed by atoms with Gasteiger partial charge in [-0.25, -0.2) is 0 Å². The summed E-state index contributed by atoms with van der Waals surface area (Å²) in [4.78, 5) is 5.19. The first-order valence-corrected chi connectivity index (χ1v) is 14.6. The number of ether oxygens (including phenoxy) is 1. The zero-order valence-corrected chi connectivity index (χ0v) is 22.5. The van der Waals surface area contributed by atoms with E-state index in [-0.39, 0.29) is 0 Å². The molecule has 3 heteroatoms. The monoisotopic (exact) mass is 470 g/mol. The van der Waals surface area contributed by atoms with Crippen molar-refractivity contribution in [3.63, 3.8) is 0 Å². The van der Waals surface area contributed by atoms with Crippen molar-refractivity contribution < 1.29 is 4.74 Å². The summed E-state index contributed by atoms with van der Waals surface area (Å²) in [6, 6.07) is 8.79. The average molecular weight is 471 g/mol. The fraction of sp³-hybridized carbons (Fsp3) is 0.742. The Bertz CT molecular complexity index is 592. The summed E-state index contributed by atoms with van der Waals surface area (Å²) < 4.78 is 5.98. The third kappa shape index (κ3) is 13.4. The fourth-order valence-electron chi connectivity index (χ4n) is 4.92. The fourth-order valence-corrected chi connectivity index (χ4v) is 4.92. The smallest absolute Gasteiger partial charge is 0.119 e. The first kappa shape index (κ1) is 28.8. The van der Waals surface area contributed by atoms with Crippen molar-refractivity contribution in [2.45, 2.75) is 110 Å². The number of hydrogen-bond acceptors (Lipinski definition) is 3. The molecule has 1 aliphatic heterocycles. The van der Waals surface area contributed by atoms with Crippen molar-refractivity contribution in [3.8, 4) is 5.75 Å². The van der Waals surface area contributed by atoms with Crippen LogP contribution in [0, 0.1) is 0 Å². The lowest BCUT2D eigenvalue weighted by molar-refractivity contribution is 0.252. The van der Waals surface area contributed by atoms with Gasteiger partial charge in [-0.1, -0.05) is 90.0 Å². The van der Waals surface area contributed by atoms with E-state index in [0.29, 0.717) is 0 Å². The minimum atomic E-state index is 0.841. The number of unbranched alkanes of at least 4 members (excludes halogenated alkanes) is 14. The molecule has 0 spiro atoms. The third-order valence-corrected chi connectivity index (χ3v) is 7.22. The van der Waals surface area contributed by atoms with Crippen molar-refractivity contribution in [1.29, 1.82) is 0 Å². The zero-order valence-electron chi connectivity index (χ0n) is 22.5. The van der Waals surface area contributed by atoms with Crippen molar-refractivity contribution in [3.05, 3.63) is 36.9 Å². The van der Waals surface area contributed by atoms with Gasteiger partial charge in [-0.2, -0.15) is 0 Å². The van der Waals surface area contributed by atoms with Gasteiger partial charge in [-0.15, -0.1) is 6.58 Å². The molecule has 0 radical (unpaired) electrons. The molecule has 3 nitrogen and oxygen atoms in total. The normalized spacial score (nSPS) is 14.4. The number of nitrogens with zero attached hydrogens (tertiary/aromatic N) is 2. The highest BCUT2D eigenvalue weighted by molar-refractivity contribution is 5.49. The molecular formula is C31H54N2O. The Labute approximate surface area is 211 Å². The molecule has 1 saturated heterocycles. The highest BCUT2D eigenvalue weighted by Crippen LogP contribution is 2.21. The molecule has 1 heterocycles. The van der Waals surface area contributed by atoms with Gasteiger partial charge in [0.15, 0.2) is 0 Å². The van der Waals surface area contributed by atoms with Crippen molar-refractivity contribution in [2.75, 3.05) is 44.2 Å². The quantitative estimate of drug-likeness (QED) is 0.132. The van der Waals surface area contributed by atoms with Crippen LogP contribution in [0.2, 0.25) is 0 Å². The van der Waals surface area contributed by atoms with Crippen LogP contribution in [0.5, 0.6) is 5.75 Å². The second-order valence-corrected chi connectivity index (χ2v) is 10.2. The molecule has 194 valence electrons. The number of piperazine rings is 1. The summed E-state index contributed by atoms with van der Waals surface area (Å²) in [6.45, 7) is 12.9. The molecule has 0 atom stereocenters. The van der Waals surface area contributed by atoms with Gasteiger partial charge in [0.2, 0.25) is 0 Å². The van der Waals surface area contributed by atoms with E-state index in [0.717, 1.165) is 31.9 Å². The number of rotatable bonds is 21. The molecule has 1 fully saturated rings. The largest absolute Gasteiger partial charge is 0.494 e.